The molecule has 0 fully saturated rings. The van der Waals surface area contributed by atoms with E-state index in [0.29, 0.717) is 5.88 Å². The predicted molar refractivity (Wildman–Crippen MR) is 73.4 cm³/mol. The van der Waals surface area contributed by atoms with Crippen LogP contribution in [0, 0.1) is 13.8 Å². The van der Waals surface area contributed by atoms with Crippen molar-refractivity contribution in [2.24, 2.45) is 0 Å². The molecule has 2 heterocycles. The van der Waals surface area contributed by atoms with Crippen molar-refractivity contribution < 1.29 is 4.74 Å². The van der Waals surface area contributed by atoms with Crippen molar-refractivity contribution >= 4 is 11.2 Å². The van der Waals surface area contributed by atoms with Gasteiger partial charge in [0.15, 0.2) is 0 Å². The third-order valence-electron chi connectivity index (χ3n) is 3.06. The summed E-state index contributed by atoms with van der Waals surface area (Å²) in [6.45, 7) is 3.91. The standard InChI is InChI=1S/C14H14N4O/c1-9-8-13(10(2)7-11(9)15)19-14-12-3-4-17-18(12)6-5-16-14/h3-8H,15H2,1-2H3. The van der Waals surface area contributed by atoms with E-state index in [1.807, 2.05) is 32.0 Å². The SMILES string of the molecule is Cc1cc(Oc2nccn3nccc23)c(C)cc1N. The van der Waals surface area contributed by atoms with E-state index in [-0.39, 0.29) is 0 Å². The highest BCUT2D eigenvalue weighted by Gasteiger charge is 2.09. The Morgan fingerprint density at radius 3 is 2.84 bits per heavy atom. The lowest BCUT2D eigenvalue weighted by atomic mass is 10.1. The molecule has 0 aliphatic heterocycles. The third kappa shape index (κ3) is 1.99. The first-order chi connectivity index (χ1) is 9.15. The molecule has 0 saturated heterocycles. The number of nitrogen functional groups attached to an aromatic ring is 1. The van der Waals surface area contributed by atoms with Gasteiger partial charge in [-0.15, -0.1) is 0 Å². The highest BCUT2D eigenvalue weighted by atomic mass is 16.5. The molecule has 0 radical (unpaired) electrons. The molecule has 2 aromatic heterocycles. The second-order valence-corrected chi connectivity index (χ2v) is 4.47. The van der Waals surface area contributed by atoms with Crippen LogP contribution in [0.2, 0.25) is 0 Å². The molecule has 0 aliphatic carbocycles. The Morgan fingerprint density at radius 1 is 1.16 bits per heavy atom. The summed E-state index contributed by atoms with van der Waals surface area (Å²) in [6, 6.07) is 5.69. The summed E-state index contributed by atoms with van der Waals surface area (Å²) in [6.07, 6.45) is 5.16. The molecule has 0 amide bonds. The van der Waals surface area contributed by atoms with Gasteiger partial charge in [-0.25, -0.2) is 9.50 Å². The number of hydrogen-bond acceptors (Lipinski definition) is 4. The average molecular weight is 254 g/mol. The average Bonchev–Trinajstić information content (AvgIpc) is 2.85. The zero-order valence-electron chi connectivity index (χ0n) is 10.8. The molecule has 0 bridgehead atoms. The van der Waals surface area contributed by atoms with E-state index in [0.717, 1.165) is 28.1 Å². The molecule has 5 nitrogen and oxygen atoms in total. The quantitative estimate of drug-likeness (QED) is 0.714. The van der Waals surface area contributed by atoms with Crippen LogP contribution in [0.1, 0.15) is 11.1 Å². The Bertz CT molecular complexity index is 748. The number of rotatable bonds is 2. The largest absolute Gasteiger partial charge is 0.437 e. The predicted octanol–water partition coefficient (Wildman–Crippen LogP) is 2.72. The Hall–Kier alpha value is -2.56. The number of aromatic nitrogens is 3. The number of aryl methyl sites for hydroxylation is 2. The summed E-state index contributed by atoms with van der Waals surface area (Å²) >= 11 is 0. The van der Waals surface area contributed by atoms with Gasteiger partial charge in [-0.2, -0.15) is 5.10 Å². The topological polar surface area (TPSA) is 65.4 Å². The molecule has 1 aromatic carbocycles. The number of benzene rings is 1. The van der Waals surface area contributed by atoms with Gasteiger partial charge in [0.2, 0.25) is 5.88 Å². The van der Waals surface area contributed by atoms with Gasteiger partial charge in [0.25, 0.3) is 0 Å². The smallest absolute Gasteiger partial charge is 0.245 e. The number of anilines is 1. The molecule has 96 valence electrons. The number of nitrogens with two attached hydrogens (primary N) is 1. The van der Waals surface area contributed by atoms with Crippen LogP contribution in [0.25, 0.3) is 5.52 Å². The van der Waals surface area contributed by atoms with Crippen LogP contribution >= 0.6 is 0 Å². The maximum absolute atomic E-state index is 5.89. The highest BCUT2D eigenvalue weighted by molar-refractivity contribution is 5.58. The number of fused-ring (bicyclic) bond motifs is 1. The molecular weight excluding hydrogens is 240 g/mol. The van der Waals surface area contributed by atoms with E-state index in [1.165, 1.54) is 0 Å². The Morgan fingerprint density at radius 2 is 2.00 bits per heavy atom. The lowest BCUT2D eigenvalue weighted by Gasteiger charge is -2.11. The fraction of sp³-hybridized carbons (Fsp3) is 0.143. The summed E-state index contributed by atoms with van der Waals surface area (Å²) in [5.41, 5.74) is 9.43. The maximum atomic E-state index is 5.89. The van der Waals surface area contributed by atoms with Crippen molar-refractivity contribution in [2.75, 3.05) is 5.73 Å². The first-order valence-electron chi connectivity index (χ1n) is 5.98. The monoisotopic (exact) mass is 254 g/mol. The van der Waals surface area contributed by atoms with Gasteiger partial charge in [0.05, 0.1) is 6.20 Å². The minimum Gasteiger partial charge on any atom is -0.437 e. The van der Waals surface area contributed by atoms with Gasteiger partial charge >= 0.3 is 0 Å². The van der Waals surface area contributed by atoms with Crippen molar-refractivity contribution in [3.8, 4) is 11.6 Å². The van der Waals surface area contributed by atoms with E-state index in [2.05, 4.69) is 10.1 Å². The number of ether oxygens (including phenoxy) is 1. The van der Waals surface area contributed by atoms with Crippen LogP contribution in [0.5, 0.6) is 11.6 Å². The molecule has 3 aromatic rings. The Labute approximate surface area is 110 Å². The summed E-state index contributed by atoms with van der Waals surface area (Å²) < 4.78 is 7.61. The summed E-state index contributed by atoms with van der Waals surface area (Å²) in [5, 5.41) is 4.15. The minimum absolute atomic E-state index is 0.535. The molecule has 0 unspecified atom stereocenters. The van der Waals surface area contributed by atoms with Crippen molar-refractivity contribution in [2.45, 2.75) is 13.8 Å². The van der Waals surface area contributed by atoms with Crippen molar-refractivity contribution in [1.82, 2.24) is 14.6 Å². The highest BCUT2D eigenvalue weighted by Crippen LogP contribution is 2.29. The molecule has 5 heteroatoms. The normalized spacial score (nSPS) is 10.8. The zero-order valence-corrected chi connectivity index (χ0v) is 10.8. The van der Waals surface area contributed by atoms with Gasteiger partial charge in [-0.3, -0.25) is 0 Å². The molecule has 19 heavy (non-hydrogen) atoms. The number of nitrogens with zero attached hydrogens (tertiary/aromatic N) is 3. The van der Waals surface area contributed by atoms with E-state index in [4.69, 9.17) is 10.5 Å². The summed E-state index contributed by atoms with van der Waals surface area (Å²) in [5.74, 6) is 1.29. The molecule has 0 spiro atoms. The Balaban J connectivity index is 2.06. The minimum atomic E-state index is 0.535. The van der Waals surface area contributed by atoms with Gasteiger partial charge in [-0.1, -0.05) is 0 Å². The molecule has 0 atom stereocenters. The van der Waals surface area contributed by atoms with Gasteiger partial charge in [-0.05, 0) is 43.2 Å². The number of hydrogen-bond donors (Lipinski definition) is 1. The molecular formula is C14H14N4O. The van der Waals surface area contributed by atoms with Crippen molar-refractivity contribution in [1.29, 1.82) is 0 Å². The summed E-state index contributed by atoms with van der Waals surface area (Å²) in [7, 11) is 0. The van der Waals surface area contributed by atoms with Crippen LogP contribution in [0.3, 0.4) is 0 Å². The van der Waals surface area contributed by atoms with E-state index >= 15 is 0 Å². The van der Waals surface area contributed by atoms with Gasteiger partial charge in [0, 0.05) is 18.1 Å². The lowest BCUT2D eigenvalue weighted by molar-refractivity contribution is 0.462. The fourth-order valence-electron chi connectivity index (χ4n) is 1.94. The zero-order chi connectivity index (χ0) is 13.4. The van der Waals surface area contributed by atoms with Crippen molar-refractivity contribution in [3.63, 3.8) is 0 Å². The molecule has 3 rings (SSSR count). The van der Waals surface area contributed by atoms with E-state index < -0.39 is 0 Å². The third-order valence-corrected chi connectivity index (χ3v) is 3.06. The maximum Gasteiger partial charge on any atom is 0.245 e. The summed E-state index contributed by atoms with van der Waals surface area (Å²) in [4.78, 5) is 4.25. The second-order valence-electron chi connectivity index (χ2n) is 4.47. The van der Waals surface area contributed by atoms with Crippen LogP contribution in [-0.4, -0.2) is 14.6 Å². The first-order valence-corrected chi connectivity index (χ1v) is 5.98. The fourth-order valence-corrected chi connectivity index (χ4v) is 1.94. The van der Waals surface area contributed by atoms with Crippen LogP contribution in [0.15, 0.2) is 36.8 Å². The van der Waals surface area contributed by atoms with Crippen LogP contribution in [-0.2, 0) is 0 Å². The van der Waals surface area contributed by atoms with Crippen molar-refractivity contribution in [3.05, 3.63) is 47.9 Å². The van der Waals surface area contributed by atoms with E-state index in [1.54, 1.807) is 23.1 Å². The van der Waals surface area contributed by atoms with Gasteiger partial charge in [0.1, 0.15) is 11.3 Å². The molecule has 0 aliphatic rings. The Kier molecular flexibility index (Phi) is 2.59. The van der Waals surface area contributed by atoms with Crippen LogP contribution in [0.4, 0.5) is 5.69 Å². The molecule has 0 saturated carbocycles. The second kappa shape index (κ2) is 4.28. The lowest BCUT2D eigenvalue weighted by Crippen LogP contribution is -1.97. The first kappa shape index (κ1) is 11.5. The van der Waals surface area contributed by atoms with Crippen LogP contribution < -0.4 is 10.5 Å². The van der Waals surface area contributed by atoms with Gasteiger partial charge < -0.3 is 10.5 Å². The molecule has 2 N–H and O–H groups in total. The van der Waals surface area contributed by atoms with E-state index in [9.17, 15) is 0 Å².